The quantitative estimate of drug-likeness (QED) is 0.394. The zero-order valence-corrected chi connectivity index (χ0v) is 13.2. The average Bonchev–Trinajstić information content (AvgIpc) is 2.84. The van der Waals surface area contributed by atoms with Crippen LogP contribution in [0.1, 0.15) is 5.69 Å². The minimum atomic E-state index is -0.382. The standard InChI is InChI=1S/C14H10BrN3O2S/c15-10-6-7-13-16-12(14(18(19)20)17(13)8-10)9-21-11-4-2-1-3-5-11/h1-8H,9H2. The second-order valence-corrected chi connectivity index (χ2v) is 6.28. The summed E-state index contributed by atoms with van der Waals surface area (Å²) in [6.45, 7) is 0. The molecule has 2 aromatic heterocycles. The van der Waals surface area contributed by atoms with E-state index in [0.717, 1.165) is 9.37 Å². The average molecular weight is 364 g/mol. The van der Waals surface area contributed by atoms with Crippen molar-refractivity contribution < 1.29 is 4.92 Å². The molecule has 0 aliphatic carbocycles. The van der Waals surface area contributed by atoms with E-state index in [1.807, 2.05) is 36.4 Å². The van der Waals surface area contributed by atoms with Crippen molar-refractivity contribution in [3.8, 4) is 0 Å². The molecule has 0 amide bonds. The van der Waals surface area contributed by atoms with E-state index in [1.54, 1.807) is 12.3 Å². The van der Waals surface area contributed by atoms with Crippen molar-refractivity contribution >= 4 is 39.2 Å². The number of imidazole rings is 1. The van der Waals surface area contributed by atoms with Crippen molar-refractivity contribution in [2.45, 2.75) is 10.6 Å². The Balaban J connectivity index is 1.98. The Hall–Kier alpha value is -1.86. The Kier molecular flexibility index (Phi) is 3.94. The molecule has 3 rings (SSSR count). The van der Waals surface area contributed by atoms with Crippen molar-refractivity contribution in [1.82, 2.24) is 9.38 Å². The van der Waals surface area contributed by atoms with E-state index in [0.29, 0.717) is 17.1 Å². The number of hydrogen-bond donors (Lipinski definition) is 0. The Morgan fingerprint density at radius 1 is 1.24 bits per heavy atom. The molecule has 0 spiro atoms. The van der Waals surface area contributed by atoms with Crippen molar-refractivity contribution in [2.75, 3.05) is 0 Å². The first kappa shape index (κ1) is 14.1. The summed E-state index contributed by atoms with van der Waals surface area (Å²) in [6.07, 6.45) is 1.66. The maximum atomic E-state index is 11.3. The maximum absolute atomic E-state index is 11.3. The molecule has 5 nitrogen and oxygen atoms in total. The molecule has 21 heavy (non-hydrogen) atoms. The number of hydrogen-bond acceptors (Lipinski definition) is 4. The van der Waals surface area contributed by atoms with Crippen molar-refractivity contribution in [2.24, 2.45) is 0 Å². The molecule has 0 atom stereocenters. The third kappa shape index (κ3) is 2.93. The number of aromatic nitrogens is 2. The van der Waals surface area contributed by atoms with Gasteiger partial charge in [0.25, 0.3) is 0 Å². The van der Waals surface area contributed by atoms with Gasteiger partial charge in [-0.05, 0) is 39.1 Å². The number of halogens is 1. The Morgan fingerprint density at radius 3 is 2.71 bits per heavy atom. The Morgan fingerprint density at radius 2 is 2.00 bits per heavy atom. The minimum absolute atomic E-state index is 0.0229. The van der Waals surface area contributed by atoms with E-state index < -0.39 is 0 Å². The highest BCUT2D eigenvalue weighted by molar-refractivity contribution is 9.10. The van der Waals surface area contributed by atoms with Gasteiger partial charge in [0.15, 0.2) is 0 Å². The summed E-state index contributed by atoms with van der Waals surface area (Å²) >= 11 is 4.86. The SMILES string of the molecule is O=[N+]([O-])c1c(CSc2ccccc2)nc2ccc(Br)cn12. The lowest BCUT2D eigenvalue weighted by Gasteiger charge is -1.99. The van der Waals surface area contributed by atoms with Crippen LogP contribution in [0.15, 0.2) is 58.0 Å². The van der Waals surface area contributed by atoms with Gasteiger partial charge in [-0.2, -0.15) is 4.40 Å². The van der Waals surface area contributed by atoms with E-state index in [-0.39, 0.29) is 10.7 Å². The summed E-state index contributed by atoms with van der Waals surface area (Å²) in [6, 6.07) is 13.4. The second kappa shape index (κ2) is 5.87. The first-order valence-electron chi connectivity index (χ1n) is 6.14. The van der Waals surface area contributed by atoms with Gasteiger partial charge >= 0.3 is 5.82 Å². The van der Waals surface area contributed by atoms with Crippen LogP contribution in [-0.4, -0.2) is 14.3 Å². The fourth-order valence-electron chi connectivity index (χ4n) is 2.01. The van der Waals surface area contributed by atoms with Gasteiger partial charge in [0.05, 0.1) is 4.47 Å². The van der Waals surface area contributed by atoms with Crippen LogP contribution in [0.5, 0.6) is 0 Å². The molecule has 0 saturated heterocycles. The topological polar surface area (TPSA) is 60.4 Å². The number of nitro groups is 1. The lowest BCUT2D eigenvalue weighted by atomic mass is 10.4. The van der Waals surface area contributed by atoms with Crippen LogP contribution in [0, 0.1) is 10.1 Å². The molecule has 0 N–H and O–H groups in total. The van der Waals surface area contributed by atoms with Crippen LogP contribution in [-0.2, 0) is 5.75 Å². The highest BCUT2D eigenvalue weighted by Gasteiger charge is 2.22. The van der Waals surface area contributed by atoms with Crippen LogP contribution in [0.3, 0.4) is 0 Å². The second-order valence-electron chi connectivity index (χ2n) is 4.32. The molecule has 0 unspecified atom stereocenters. The monoisotopic (exact) mass is 363 g/mol. The molecule has 106 valence electrons. The fourth-order valence-corrected chi connectivity index (χ4v) is 3.20. The first-order valence-corrected chi connectivity index (χ1v) is 7.92. The van der Waals surface area contributed by atoms with Crippen LogP contribution < -0.4 is 0 Å². The number of benzene rings is 1. The smallest absolute Gasteiger partial charge is 0.351 e. The van der Waals surface area contributed by atoms with Gasteiger partial charge in [-0.25, -0.2) is 4.98 Å². The number of rotatable bonds is 4. The largest absolute Gasteiger partial charge is 0.358 e. The lowest BCUT2D eigenvalue weighted by Crippen LogP contribution is -1.97. The molecule has 7 heteroatoms. The summed E-state index contributed by atoms with van der Waals surface area (Å²) in [7, 11) is 0. The third-order valence-corrected chi connectivity index (χ3v) is 4.41. The van der Waals surface area contributed by atoms with Crippen LogP contribution in [0.4, 0.5) is 5.82 Å². The number of fused-ring (bicyclic) bond motifs is 1. The lowest BCUT2D eigenvalue weighted by molar-refractivity contribution is -0.391. The van der Waals surface area contributed by atoms with E-state index in [1.165, 1.54) is 16.2 Å². The van der Waals surface area contributed by atoms with Gasteiger partial charge in [0.2, 0.25) is 5.65 Å². The summed E-state index contributed by atoms with van der Waals surface area (Å²) in [4.78, 5) is 16.4. The van der Waals surface area contributed by atoms with Crippen molar-refractivity contribution in [3.05, 3.63) is 68.9 Å². The van der Waals surface area contributed by atoms with Gasteiger partial charge in [-0.15, -0.1) is 11.8 Å². The molecule has 0 saturated carbocycles. The van der Waals surface area contributed by atoms with Crippen molar-refractivity contribution in [3.63, 3.8) is 0 Å². The normalized spacial score (nSPS) is 10.9. The Labute approximate surface area is 133 Å². The van der Waals surface area contributed by atoms with E-state index in [2.05, 4.69) is 20.9 Å². The predicted octanol–water partition coefficient (Wildman–Crippen LogP) is 4.30. The summed E-state index contributed by atoms with van der Waals surface area (Å²) in [5, 5.41) is 11.3. The highest BCUT2D eigenvalue weighted by atomic mass is 79.9. The first-order chi connectivity index (χ1) is 10.1. The van der Waals surface area contributed by atoms with Gasteiger partial charge in [-0.1, -0.05) is 18.2 Å². The highest BCUT2D eigenvalue weighted by Crippen LogP contribution is 2.29. The molecule has 0 aliphatic rings. The number of pyridine rings is 1. The molecule has 0 radical (unpaired) electrons. The molecule has 0 fully saturated rings. The van der Waals surface area contributed by atoms with Gasteiger partial charge in [-0.3, -0.25) is 0 Å². The maximum Gasteiger partial charge on any atom is 0.351 e. The van der Waals surface area contributed by atoms with Crippen molar-refractivity contribution in [1.29, 1.82) is 0 Å². The zero-order valence-electron chi connectivity index (χ0n) is 10.8. The summed E-state index contributed by atoms with van der Waals surface area (Å²) in [5.74, 6) is 0.481. The van der Waals surface area contributed by atoms with Gasteiger partial charge in [0.1, 0.15) is 11.9 Å². The zero-order chi connectivity index (χ0) is 14.8. The van der Waals surface area contributed by atoms with Crippen LogP contribution in [0.25, 0.3) is 5.65 Å². The number of nitrogens with zero attached hydrogens (tertiary/aromatic N) is 3. The van der Waals surface area contributed by atoms with Gasteiger partial charge in [0, 0.05) is 16.7 Å². The molecule has 2 heterocycles. The molecule has 0 bridgehead atoms. The molecular formula is C14H10BrN3O2S. The van der Waals surface area contributed by atoms with E-state index in [4.69, 9.17) is 0 Å². The van der Waals surface area contributed by atoms with Crippen LogP contribution in [0.2, 0.25) is 0 Å². The molecule has 1 aromatic carbocycles. The molecule has 0 aliphatic heterocycles. The summed E-state index contributed by atoms with van der Waals surface area (Å²) in [5.41, 5.74) is 1.06. The number of thioether (sulfide) groups is 1. The van der Waals surface area contributed by atoms with E-state index in [9.17, 15) is 10.1 Å². The predicted molar refractivity (Wildman–Crippen MR) is 85.5 cm³/mol. The fraction of sp³-hybridized carbons (Fsp3) is 0.0714. The summed E-state index contributed by atoms with van der Waals surface area (Å²) < 4.78 is 2.28. The van der Waals surface area contributed by atoms with Crippen LogP contribution >= 0.6 is 27.7 Å². The molecular weight excluding hydrogens is 354 g/mol. The van der Waals surface area contributed by atoms with Gasteiger partial charge < -0.3 is 10.1 Å². The Bertz CT molecular complexity index is 805. The molecule has 3 aromatic rings. The third-order valence-electron chi connectivity index (χ3n) is 2.92. The minimum Gasteiger partial charge on any atom is -0.358 e. The van der Waals surface area contributed by atoms with E-state index >= 15 is 0 Å².